The summed E-state index contributed by atoms with van der Waals surface area (Å²) in [6, 6.07) is 15.4. The lowest BCUT2D eigenvalue weighted by atomic mass is 10.1. The Bertz CT molecular complexity index is 797. The van der Waals surface area contributed by atoms with Crippen molar-refractivity contribution in [2.75, 3.05) is 19.7 Å². The first-order chi connectivity index (χ1) is 13.1. The van der Waals surface area contributed by atoms with E-state index in [0.29, 0.717) is 32.8 Å². The molecular weight excluding hydrogens is 360 g/mol. The van der Waals surface area contributed by atoms with Gasteiger partial charge >= 0.3 is 0 Å². The average Bonchev–Trinajstić information content (AvgIpc) is 2.89. The second kappa shape index (κ2) is 9.08. The number of carbonyl (C=O) groups excluding carboxylic acids is 1. The van der Waals surface area contributed by atoms with Crippen LogP contribution >= 0.6 is 0 Å². The molecule has 1 amide bonds. The molecule has 142 valence electrons. The summed E-state index contributed by atoms with van der Waals surface area (Å²) >= 11 is -1.24. The summed E-state index contributed by atoms with van der Waals surface area (Å²) < 4.78 is 20.7. The Labute approximate surface area is 163 Å². The summed E-state index contributed by atoms with van der Waals surface area (Å²) in [4.78, 5) is 14.3. The van der Waals surface area contributed by atoms with Crippen LogP contribution in [0.3, 0.4) is 0 Å². The monoisotopic (exact) mass is 384 g/mol. The molecule has 1 unspecified atom stereocenters. The van der Waals surface area contributed by atoms with Crippen molar-refractivity contribution in [1.29, 1.82) is 0 Å². The fourth-order valence-electron chi connectivity index (χ4n) is 3.03. The number of fused-ring (bicyclic) bond motifs is 1. The fraction of sp³-hybridized carbons (Fsp3) is 0.286. The second-order valence-electron chi connectivity index (χ2n) is 6.40. The molecule has 1 heterocycles. The first-order valence-electron chi connectivity index (χ1n) is 8.91. The van der Waals surface area contributed by atoms with Crippen LogP contribution in [-0.2, 0) is 29.2 Å². The molecule has 5 nitrogen and oxygen atoms in total. The van der Waals surface area contributed by atoms with Gasteiger partial charge in [-0.3, -0.25) is 4.79 Å². The van der Waals surface area contributed by atoms with Crippen molar-refractivity contribution < 1.29 is 14.1 Å². The van der Waals surface area contributed by atoms with Gasteiger partial charge in [0, 0.05) is 25.6 Å². The topological polar surface area (TPSA) is 55.8 Å². The smallest absolute Gasteiger partial charge is 0.220 e. The van der Waals surface area contributed by atoms with E-state index in [0.717, 1.165) is 21.8 Å². The highest BCUT2D eigenvalue weighted by Crippen LogP contribution is 2.28. The molecule has 0 saturated heterocycles. The normalized spacial score (nSPS) is 15.2. The number of rotatable bonds is 6. The first-order valence-corrected chi connectivity index (χ1v) is 10.0. The summed E-state index contributed by atoms with van der Waals surface area (Å²) in [6.07, 6.45) is 1.72. The van der Waals surface area contributed by atoms with Gasteiger partial charge in [-0.15, -0.1) is 10.9 Å². The van der Waals surface area contributed by atoms with E-state index in [4.69, 9.17) is 4.74 Å². The zero-order valence-electron chi connectivity index (χ0n) is 15.5. The lowest BCUT2D eigenvalue weighted by Gasteiger charge is -2.22. The van der Waals surface area contributed by atoms with Gasteiger partial charge < -0.3 is 14.2 Å². The Hall–Kier alpha value is -2.28. The van der Waals surface area contributed by atoms with E-state index < -0.39 is 11.4 Å². The number of amides is 1. The van der Waals surface area contributed by atoms with Crippen molar-refractivity contribution in [3.8, 4) is 5.75 Å². The van der Waals surface area contributed by atoms with Gasteiger partial charge in [0.2, 0.25) is 5.91 Å². The molecular formula is C21H24N2O3S. The van der Waals surface area contributed by atoms with E-state index in [9.17, 15) is 9.35 Å². The van der Waals surface area contributed by atoms with Crippen LogP contribution in [0.2, 0.25) is 0 Å². The van der Waals surface area contributed by atoms with Crippen LogP contribution in [0.4, 0.5) is 0 Å². The van der Waals surface area contributed by atoms with Crippen LogP contribution in [0.25, 0.3) is 0 Å². The minimum atomic E-state index is -1.24. The Morgan fingerprint density at radius 2 is 2.11 bits per heavy atom. The maximum Gasteiger partial charge on any atom is 0.220 e. The standard InChI is InChI=1S/C21H24N2O3S/c1-3-11-22(17(2)24)15-18-9-10-21-19(14-18)16-23(12-13-26-21)27(25)20-7-5-4-6-8-20/h3-10,14H,1,11-13,15-16H2,2H3. The number of benzene rings is 2. The Morgan fingerprint density at radius 3 is 2.81 bits per heavy atom. The number of ether oxygens (including phenoxy) is 1. The molecule has 0 bridgehead atoms. The van der Waals surface area contributed by atoms with Crippen LogP contribution < -0.4 is 4.74 Å². The van der Waals surface area contributed by atoms with Gasteiger partial charge in [-0.05, 0) is 29.8 Å². The highest BCUT2D eigenvalue weighted by molar-refractivity contribution is 7.89. The third-order valence-corrected chi connectivity index (χ3v) is 5.87. The van der Waals surface area contributed by atoms with Crippen LogP contribution in [0.15, 0.2) is 66.1 Å². The quantitative estimate of drug-likeness (QED) is 0.567. The molecule has 1 atom stereocenters. The molecule has 3 rings (SSSR count). The van der Waals surface area contributed by atoms with E-state index >= 15 is 0 Å². The van der Waals surface area contributed by atoms with Gasteiger partial charge in [0.05, 0.1) is 24.5 Å². The van der Waals surface area contributed by atoms with Crippen LogP contribution in [0, 0.1) is 0 Å². The number of hydrogen-bond acceptors (Lipinski definition) is 4. The lowest BCUT2D eigenvalue weighted by Crippen LogP contribution is -2.32. The van der Waals surface area contributed by atoms with Gasteiger partial charge in [-0.1, -0.05) is 30.3 Å². The number of carbonyl (C=O) groups is 1. The molecule has 1 aliphatic heterocycles. The summed E-state index contributed by atoms with van der Waals surface area (Å²) in [5.41, 5.74) is 2.00. The van der Waals surface area contributed by atoms with E-state index in [1.54, 1.807) is 17.9 Å². The number of nitrogens with zero attached hydrogens (tertiary/aromatic N) is 2. The average molecular weight is 385 g/mol. The molecule has 2 aromatic rings. The maximum absolute atomic E-state index is 12.9. The van der Waals surface area contributed by atoms with Crippen molar-refractivity contribution in [2.45, 2.75) is 24.9 Å². The van der Waals surface area contributed by atoms with E-state index in [2.05, 4.69) is 6.58 Å². The molecule has 0 aliphatic carbocycles. The van der Waals surface area contributed by atoms with Gasteiger partial charge in [-0.25, -0.2) is 0 Å². The number of hydrogen-bond donors (Lipinski definition) is 0. The van der Waals surface area contributed by atoms with E-state index in [1.165, 1.54) is 0 Å². The van der Waals surface area contributed by atoms with Gasteiger partial charge in [0.15, 0.2) is 4.90 Å². The third kappa shape index (κ3) is 4.91. The fourth-order valence-corrected chi connectivity index (χ4v) is 4.21. The van der Waals surface area contributed by atoms with Crippen molar-refractivity contribution in [2.24, 2.45) is 0 Å². The van der Waals surface area contributed by atoms with Crippen molar-refractivity contribution >= 4 is 17.3 Å². The summed E-state index contributed by atoms with van der Waals surface area (Å²) in [6.45, 7) is 7.89. The Morgan fingerprint density at radius 1 is 1.33 bits per heavy atom. The zero-order chi connectivity index (χ0) is 19.2. The SMILES string of the molecule is C=CCN(Cc1ccc2c(c1)CN([S+]([O-])c1ccccc1)CCO2)C(C)=O. The largest absolute Gasteiger partial charge is 0.593 e. The second-order valence-corrected chi connectivity index (χ2v) is 7.89. The molecule has 0 spiro atoms. The minimum Gasteiger partial charge on any atom is -0.593 e. The van der Waals surface area contributed by atoms with Gasteiger partial charge in [-0.2, -0.15) is 0 Å². The molecule has 0 fully saturated rings. The third-order valence-electron chi connectivity index (χ3n) is 4.42. The summed E-state index contributed by atoms with van der Waals surface area (Å²) in [5, 5.41) is 0. The summed E-state index contributed by atoms with van der Waals surface area (Å²) in [5.74, 6) is 0.817. The molecule has 2 aromatic carbocycles. The predicted octanol–water partition coefficient (Wildman–Crippen LogP) is 3.14. The molecule has 0 radical (unpaired) electrons. The molecule has 0 aromatic heterocycles. The molecule has 6 heteroatoms. The highest BCUT2D eigenvalue weighted by atomic mass is 32.2. The minimum absolute atomic E-state index is 0.00732. The summed E-state index contributed by atoms with van der Waals surface area (Å²) in [7, 11) is 0. The Kier molecular flexibility index (Phi) is 6.55. The molecule has 0 N–H and O–H groups in total. The van der Waals surface area contributed by atoms with E-state index in [1.807, 2.05) is 52.8 Å². The van der Waals surface area contributed by atoms with E-state index in [-0.39, 0.29) is 5.91 Å². The Balaban J connectivity index is 1.79. The van der Waals surface area contributed by atoms with Crippen LogP contribution in [0.5, 0.6) is 5.75 Å². The predicted molar refractivity (Wildman–Crippen MR) is 106 cm³/mol. The van der Waals surface area contributed by atoms with Crippen LogP contribution in [-0.4, -0.2) is 39.4 Å². The van der Waals surface area contributed by atoms with Crippen molar-refractivity contribution in [1.82, 2.24) is 9.21 Å². The van der Waals surface area contributed by atoms with Crippen molar-refractivity contribution in [3.63, 3.8) is 0 Å². The van der Waals surface area contributed by atoms with Gasteiger partial charge in [0.25, 0.3) is 0 Å². The van der Waals surface area contributed by atoms with Crippen molar-refractivity contribution in [3.05, 3.63) is 72.3 Å². The molecule has 1 aliphatic rings. The maximum atomic E-state index is 12.9. The van der Waals surface area contributed by atoms with Gasteiger partial charge in [0.1, 0.15) is 12.4 Å². The first kappa shape index (κ1) is 19.5. The lowest BCUT2D eigenvalue weighted by molar-refractivity contribution is -0.128. The zero-order valence-corrected chi connectivity index (χ0v) is 16.3. The molecule has 27 heavy (non-hydrogen) atoms. The molecule has 0 saturated carbocycles. The highest BCUT2D eigenvalue weighted by Gasteiger charge is 2.26. The van der Waals surface area contributed by atoms with Crippen LogP contribution in [0.1, 0.15) is 18.1 Å².